The third-order valence-corrected chi connectivity index (χ3v) is 12.6. The lowest BCUT2D eigenvalue weighted by Crippen LogP contribution is -2.19. The molecule has 7 aromatic carbocycles. The number of hydrogen-bond acceptors (Lipinski definition) is 4. The smallest absolute Gasteiger partial charge is 0.326 e. The van der Waals surface area contributed by atoms with Crippen LogP contribution in [0.1, 0.15) is 18.4 Å². The van der Waals surface area contributed by atoms with Gasteiger partial charge in [0.1, 0.15) is 23.0 Å². The molecular weight excluding hydrogens is 654 g/mol. The summed E-state index contributed by atoms with van der Waals surface area (Å²) >= 11 is 0. The third-order valence-electron chi connectivity index (χ3n) is 9.56. The van der Waals surface area contributed by atoms with Gasteiger partial charge >= 0.3 is 16.8 Å². The third kappa shape index (κ3) is 4.90. The molecule has 1 aliphatic carbocycles. The quantitative estimate of drug-likeness (QED) is 0.169. The average molecular weight is 685 g/mol. The molecule has 6 heteroatoms. The van der Waals surface area contributed by atoms with E-state index in [-0.39, 0.29) is 0 Å². The van der Waals surface area contributed by atoms with Crippen LogP contribution in [0.4, 0.5) is 0 Å². The Kier molecular flexibility index (Phi) is 7.19. The van der Waals surface area contributed by atoms with Crippen molar-refractivity contribution in [3.63, 3.8) is 0 Å². The van der Waals surface area contributed by atoms with Crippen LogP contribution in [0, 0.1) is 0 Å². The van der Waals surface area contributed by atoms with Gasteiger partial charge in [-0.05, 0) is 69.4 Å². The Labute approximate surface area is 293 Å². The van der Waals surface area contributed by atoms with Gasteiger partial charge in [0.15, 0.2) is 0 Å². The Morgan fingerprint density at radius 3 is 1.72 bits per heavy atom. The molecule has 0 fully saturated rings. The number of hydrogen-bond donors (Lipinski definition) is 0. The summed E-state index contributed by atoms with van der Waals surface area (Å²) in [6.07, 6.45) is 6.24. The van der Waals surface area contributed by atoms with Crippen molar-refractivity contribution in [3.8, 4) is 39.5 Å². The van der Waals surface area contributed by atoms with Crippen LogP contribution in [0.3, 0.4) is 0 Å². The summed E-state index contributed by atoms with van der Waals surface area (Å²) in [5, 5.41) is 6.52. The van der Waals surface area contributed by atoms with Crippen LogP contribution in [0.2, 0.25) is 0 Å². The second-order valence-electron chi connectivity index (χ2n) is 12.5. The summed E-state index contributed by atoms with van der Waals surface area (Å²) < 4.78 is 27.7. The summed E-state index contributed by atoms with van der Waals surface area (Å²) in [6, 6.07) is 50.5. The van der Waals surface area contributed by atoms with E-state index in [2.05, 4.69) is 146 Å². The summed E-state index contributed by atoms with van der Waals surface area (Å²) in [7, 11) is -2.95. The molecule has 0 radical (unpaired) electrons. The first-order valence-corrected chi connectivity index (χ1v) is 19.2. The lowest BCUT2D eigenvalue weighted by molar-refractivity contribution is 0.396. The highest BCUT2D eigenvalue weighted by Gasteiger charge is 2.34. The Bertz CT molecular complexity index is 2540. The van der Waals surface area contributed by atoms with Gasteiger partial charge in [0.05, 0.1) is 10.6 Å². The van der Waals surface area contributed by atoms with E-state index in [0.717, 1.165) is 95.8 Å². The second-order valence-corrected chi connectivity index (χ2v) is 15.2. The molecule has 2 heterocycles. The van der Waals surface area contributed by atoms with E-state index in [1.54, 1.807) is 0 Å². The average Bonchev–Trinajstić information content (AvgIpc) is 3.18. The molecule has 0 bridgehead atoms. The van der Waals surface area contributed by atoms with E-state index in [4.69, 9.17) is 18.1 Å². The first-order valence-electron chi connectivity index (χ1n) is 16.8. The highest BCUT2D eigenvalue weighted by Crippen LogP contribution is 2.56. The zero-order valence-corrected chi connectivity index (χ0v) is 28.7. The maximum Gasteiger partial charge on any atom is 0.326 e. The minimum absolute atomic E-state index is 0.741. The van der Waals surface area contributed by atoms with Gasteiger partial charge in [0.25, 0.3) is 0 Å². The minimum atomic E-state index is -1.50. The van der Waals surface area contributed by atoms with Crippen LogP contribution in [-0.4, -0.2) is 0 Å². The van der Waals surface area contributed by atoms with Gasteiger partial charge < -0.3 is 18.1 Å². The highest BCUT2D eigenvalue weighted by atomic mass is 31.2. The zero-order chi connectivity index (χ0) is 33.0. The molecule has 2 unspecified atom stereocenters. The lowest BCUT2D eigenvalue weighted by atomic mass is 9.92. The summed E-state index contributed by atoms with van der Waals surface area (Å²) in [6.45, 7) is 0. The van der Waals surface area contributed by atoms with Gasteiger partial charge in [-0.25, -0.2) is 0 Å². The predicted octanol–water partition coefficient (Wildman–Crippen LogP) is 11.8. The van der Waals surface area contributed by atoms with Crippen LogP contribution in [0.5, 0.6) is 17.2 Å². The van der Waals surface area contributed by atoms with Crippen molar-refractivity contribution in [2.24, 2.45) is 0 Å². The maximum atomic E-state index is 7.12. The minimum Gasteiger partial charge on any atom is -0.439 e. The normalized spacial score (nSPS) is 17.2. The second kappa shape index (κ2) is 12.2. The van der Waals surface area contributed by atoms with Crippen molar-refractivity contribution in [3.05, 3.63) is 169 Å². The van der Waals surface area contributed by atoms with Gasteiger partial charge in [0, 0.05) is 28.7 Å². The summed E-state index contributed by atoms with van der Waals surface area (Å²) in [4.78, 5) is 0. The summed E-state index contributed by atoms with van der Waals surface area (Å²) in [5.74, 6) is 3.33. The van der Waals surface area contributed by atoms with E-state index in [9.17, 15) is 0 Å². The SMILES string of the molecule is C1=CC2=C(CC1)OP(Oc1ccc3ccccc3c1-c1c(OP3Oc4ccccc4-c4ccccc43)ccc3ccccc13)c1ccccc12. The molecule has 3 aliphatic rings. The molecule has 2 atom stereocenters. The van der Waals surface area contributed by atoms with Gasteiger partial charge in [-0.3, -0.25) is 0 Å². The van der Waals surface area contributed by atoms with Gasteiger partial charge in [0.2, 0.25) is 0 Å². The van der Waals surface area contributed by atoms with E-state index in [1.807, 2.05) is 12.1 Å². The van der Waals surface area contributed by atoms with E-state index in [1.165, 1.54) is 5.56 Å². The fraction of sp³-hybridized carbons (Fsp3) is 0.0455. The zero-order valence-electron chi connectivity index (χ0n) is 27.0. The van der Waals surface area contributed by atoms with Crippen LogP contribution < -0.4 is 24.2 Å². The first-order chi connectivity index (χ1) is 24.8. The molecule has 0 aromatic heterocycles. The lowest BCUT2D eigenvalue weighted by Gasteiger charge is -2.31. The van der Waals surface area contributed by atoms with Crippen LogP contribution in [0.15, 0.2) is 164 Å². The number of rotatable bonds is 5. The number of allylic oxidation sites excluding steroid dienone is 4. The van der Waals surface area contributed by atoms with Crippen molar-refractivity contribution in [1.29, 1.82) is 0 Å². The molecular formula is C44H30O4P2. The molecule has 0 spiro atoms. The fourth-order valence-corrected chi connectivity index (χ4v) is 10.3. The van der Waals surface area contributed by atoms with E-state index in [0.29, 0.717) is 0 Å². The molecule has 0 saturated carbocycles. The van der Waals surface area contributed by atoms with Gasteiger partial charge in [-0.2, -0.15) is 0 Å². The first kappa shape index (κ1) is 29.5. The van der Waals surface area contributed by atoms with Crippen molar-refractivity contribution >= 4 is 54.5 Å². The molecule has 10 rings (SSSR count). The summed E-state index contributed by atoms with van der Waals surface area (Å²) in [5.41, 5.74) is 6.51. The Morgan fingerprint density at radius 1 is 0.480 bits per heavy atom. The number of fused-ring (bicyclic) bond motifs is 7. The van der Waals surface area contributed by atoms with Crippen molar-refractivity contribution in [1.82, 2.24) is 0 Å². The molecule has 4 nitrogen and oxygen atoms in total. The Hall–Kier alpha value is -5.40. The number of para-hydroxylation sites is 1. The molecule has 2 aliphatic heterocycles. The maximum absolute atomic E-state index is 7.12. The van der Waals surface area contributed by atoms with Gasteiger partial charge in [-0.1, -0.05) is 127 Å². The monoisotopic (exact) mass is 684 g/mol. The predicted molar refractivity (Wildman–Crippen MR) is 207 cm³/mol. The van der Waals surface area contributed by atoms with Crippen molar-refractivity contribution < 1.29 is 18.1 Å². The van der Waals surface area contributed by atoms with E-state index < -0.39 is 16.8 Å². The van der Waals surface area contributed by atoms with Crippen LogP contribution in [-0.2, 0) is 4.52 Å². The molecule has 0 saturated heterocycles. The van der Waals surface area contributed by atoms with Gasteiger partial charge in [-0.15, -0.1) is 0 Å². The van der Waals surface area contributed by atoms with Crippen LogP contribution in [0.25, 0.3) is 49.4 Å². The molecule has 0 N–H and O–H groups in total. The number of benzene rings is 7. The molecule has 7 aromatic rings. The van der Waals surface area contributed by atoms with E-state index >= 15 is 0 Å². The topological polar surface area (TPSA) is 36.9 Å². The van der Waals surface area contributed by atoms with Crippen molar-refractivity contribution in [2.75, 3.05) is 0 Å². The molecule has 50 heavy (non-hydrogen) atoms. The fourth-order valence-electron chi connectivity index (χ4n) is 7.24. The standard InChI is InChI=1S/C44H30O4P2/c1-3-15-31-29(13-1)25-27-39(47-49-41-23-11-7-19-35(41)33-17-5-9-21-37(33)45-49)43(31)44-32-16-4-2-14-30(32)26-28-40(44)48-50-42-24-12-8-20-36(42)34-18-6-10-22-38(34)46-50/h1-9,11-21,23-28H,10,22H2. The molecule has 240 valence electrons. The van der Waals surface area contributed by atoms with Crippen LogP contribution >= 0.6 is 16.8 Å². The Morgan fingerprint density at radius 2 is 1.02 bits per heavy atom. The highest BCUT2D eigenvalue weighted by molar-refractivity contribution is 7.57. The van der Waals surface area contributed by atoms with Crippen molar-refractivity contribution in [2.45, 2.75) is 12.8 Å². The largest absolute Gasteiger partial charge is 0.439 e. The Balaban J connectivity index is 1.16. The molecule has 0 amide bonds.